The molecular formula is C17H26ClNO2. The Morgan fingerprint density at radius 2 is 1.86 bits per heavy atom. The highest BCUT2D eigenvalue weighted by Crippen LogP contribution is 2.35. The lowest BCUT2D eigenvalue weighted by Gasteiger charge is -2.40. The number of alkyl halides is 1. The first-order valence-corrected chi connectivity index (χ1v) is 8.12. The second-order valence-electron chi connectivity index (χ2n) is 5.90. The quantitative estimate of drug-likeness (QED) is 0.759. The van der Waals surface area contributed by atoms with Gasteiger partial charge in [0.1, 0.15) is 11.5 Å². The first kappa shape index (κ1) is 16.4. The lowest BCUT2D eigenvalue weighted by Crippen LogP contribution is -2.45. The van der Waals surface area contributed by atoms with Gasteiger partial charge in [0.05, 0.1) is 19.6 Å². The third-order valence-corrected chi connectivity index (χ3v) is 4.89. The van der Waals surface area contributed by atoms with Crippen LogP contribution >= 0.6 is 11.6 Å². The summed E-state index contributed by atoms with van der Waals surface area (Å²) in [5.74, 6) is 1.64. The first-order valence-electron chi connectivity index (χ1n) is 7.68. The average Bonchev–Trinajstić information content (AvgIpc) is 2.50. The summed E-state index contributed by atoms with van der Waals surface area (Å²) in [6.07, 6.45) is 3.82. The molecule has 1 fully saturated rings. The van der Waals surface area contributed by atoms with E-state index in [9.17, 15) is 0 Å². The van der Waals surface area contributed by atoms with E-state index >= 15 is 0 Å². The van der Waals surface area contributed by atoms with Crippen LogP contribution in [0.4, 0.5) is 0 Å². The molecule has 1 aromatic rings. The van der Waals surface area contributed by atoms with Crippen LogP contribution in [-0.4, -0.2) is 37.7 Å². The third-order valence-electron chi connectivity index (χ3n) is 4.52. The molecule has 4 heteroatoms. The second kappa shape index (κ2) is 7.37. The van der Waals surface area contributed by atoms with Crippen molar-refractivity contribution < 1.29 is 9.47 Å². The van der Waals surface area contributed by atoms with Crippen LogP contribution in [0.2, 0.25) is 0 Å². The van der Waals surface area contributed by atoms with E-state index in [1.807, 2.05) is 18.2 Å². The van der Waals surface area contributed by atoms with Gasteiger partial charge in [0.15, 0.2) is 0 Å². The van der Waals surface area contributed by atoms with Crippen LogP contribution in [0.3, 0.4) is 0 Å². The molecule has 1 aliphatic rings. The van der Waals surface area contributed by atoms with E-state index in [2.05, 4.69) is 18.7 Å². The maximum Gasteiger partial charge on any atom is 0.123 e. The summed E-state index contributed by atoms with van der Waals surface area (Å²) in [4.78, 5) is 2.51. The van der Waals surface area contributed by atoms with E-state index in [0.29, 0.717) is 12.1 Å². The average molecular weight is 312 g/mol. The summed E-state index contributed by atoms with van der Waals surface area (Å²) in [6.45, 7) is 5.43. The third kappa shape index (κ3) is 3.83. The highest BCUT2D eigenvalue weighted by Gasteiger charge is 2.28. The van der Waals surface area contributed by atoms with Gasteiger partial charge in [0, 0.05) is 24.2 Å². The van der Waals surface area contributed by atoms with E-state index in [1.54, 1.807) is 14.2 Å². The molecule has 0 radical (unpaired) electrons. The van der Waals surface area contributed by atoms with Crippen molar-refractivity contribution in [3.8, 4) is 11.5 Å². The molecule has 118 valence electrons. The highest BCUT2D eigenvalue weighted by molar-refractivity contribution is 6.21. The number of halogens is 1. The predicted octanol–water partition coefficient (Wildman–Crippen LogP) is 4.25. The predicted molar refractivity (Wildman–Crippen MR) is 87.6 cm³/mol. The van der Waals surface area contributed by atoms with Gasteiger partial charge in [-0.2, -0.15) is 0 Å². The Morgan fingerprint density at radius 3 is 2.43 bits per heavy atom. The van der Waals surface area contributed by atoms with Crippen molar-refractivity contribution in [3.63, 3.8) is 0 Å². The fourth-order valence-electron chi connectivity index (χ4n) is 3.20. The lowest BCUT2D eigenvalue weighted by molar-refractivity contribution is 0.103. The minimum Gasteiger partial charge on any atom is -0.497 e. The Morgan fingerprint density at radius 1 is 1.19 bits per heavy atom. The molecule has 2 rings (SSSR count). The summed E-state index contributed by atoms with van der Waals surface area (Å²) < 4.78 is 10.8. The molecule has 0 aromatic heterocycles. The van der Waals surface area contributed by atoms with Gasteiger partial charge in [0.2, 0.25) is 0 Å². The number of ether oxygens (including phenoxy) is 2. The van der Waals surface area contributed by atoms with Gasteiger partial charge in [-0.1, -0.05) is 6.42 Å². The van der Waals surface area contributed by atoms with Gasteiger partial charge in [0.25, 0.3) is 0 Å². The highest BCUT2D eigenvalue weighted by atomic mass is 35.5. The van der Waals surface area contributed by atoms with Crippen LogP contribution in [0.1, 0.15) is 44.1 Å². The van der Waals surface area contributed by atoms with E-state index in [-0.39, 0.29) is 5.38 Å². The standard InChI is InChI=1S/C17H26ClNO2/c1-12-6-5-7-13(2)19(12)11-16(18)15-10-14(20-3)8-9-17(15)21-4/h8-10,12-13,16H,5-7,11H2,1-4H3. The molecule has 1 aromatic carbocycles. The molecular weight excluding hydrogens is 286 g/mol. The number of hydrogen-bond acceptors (Lipinski definition) is 3. The molecule has 0 saturated carbocycles. The Hall–Kier alpha value is -0.930. The van der Waals surface area contributed by atoms with Crippen LogP contribution < -0.4 is 9.47 Å². The van der Waals surface area contributed by atoms with Crippen molar-refractivity contribution >= 4 is 11.6 Å². The molecule has 1 aliphatic heterocycles. The van der Waals surface area contributed by atoms with E-state index < -0.39 is 0 Å². The number of rotatable bonds is 5. The van der Waals surface area contributed by atoms with E-state index in [1.165, 1.54) is 19.3 Å². The zero-order chi connectivity index (χ0) is 15.4. The number of methoxy groups -OCH3 is 2. The minimum absolute atomic E-state index is 0.0990. The van der Waals surface area contributed by atoms with Crippen molar-refractivity contribution in [1.29, 1.82) is 0 Å². The maximum atomic E-state index is 6.71. The molecule has 3 unspecified atom stereocenters. The van der Waals surface area contributed by atoms with E-state index in [4.69, 9.17) is 21.1 Å². The fourth-order valence-corrected chi connectivity index (χ4v) is 3.53. The van der Waals surface area contributed by atoms with E-state index in [0.717, 1.165) is 23.6 Å². The van der Waals surface area contributed by atoms with Crippen LogP contribution in [0, 0.1) is 0 Å². The normalized spacial score (nSPS) is 24.6. The number of likely N-dealkylation sites (tertiary alicyclic amines) is 1. The Balaban J connectivity index is 2.17. The summed E-state index contributed by atoms with van der Waals surface area (Å²) in [5, 5.41) is -0.0990. The summed E-state index contributed by atoms with van der Waals surface area (Å²) in [5.41, 5.74) is 1.00. The number of benzene rings is 1. The molecule has 21 heavy (non-hydrogen) atoms. The summed E-state index contributed by atoms with van der Waals surface area (Å²) in [7, 11) is 3.35. The minimum atomic E-state index is -0.0990. The number of hydrogen-bond donors (Lipinski definition) is 0. The van der Waals surface area contributed by atoms with Crippen molar-refractivity contribution in [1.82, 2.24) is 4.90 Å². The van der Waals surface area contributed by atoms with Crippen LogP contribution in [-0.2, 0) is 0 Å². The van der Waals surface area contributed by atoms with Crippen molar-refractivity contribution in [2.45, 2.75) is 50.6 Å². The smallest absolute Gasteiger partial charge is 0.123 e. The molecule has 0 aliphatic carbocycles. The van der Waals surface area contributed by atoms with Crippen molar-refractivity contribution in [2.24, 2.45) is 0 Å². The van der Waals surface area contributed by atoms with Crippen LogP contribution in [0.5, 0.6) is 11.5 Å². The SMILES string of the molecule is COc1ccc(OC)c(C(Cl)CN2C(C)CCCC2C)c1. The molecule has 3 atom stereocenters. The second-order valence-corrected chi connectivity index (χ2v) is 6.43. The van der Waals surface area contributed by atoms with Gasteiger partial charge in [-0.15, -0.1) is 11.6 Å². The summed E-state index contributed by atoms with van der Waals surface area (Å²) in [6, 6.07) is 6.98. The molecule has 0 amide bonds. The molecule has 0 bridgehead atoms. The number of piperidine rings is 1. The summed E-state index contributed by atoms with van der Waals surface area (Å²) >= 11 is 6.71. The van der Waals surface area contributed by atoms with Gasteiger partial charge >= 0.3 is 0 Å². The molecule has 1 heterocycles. The topological polar surface area (TPSA) is 21.7 Å². The zero-order valence-corrected chi connectivity index (χ0v) is 14.2. The van der Waals surface area contributed by atoms with Gasteiger partial charge in [-0.25, -0.2) is 0 Å². The largest absolute Gasteiger partial charge is 0.497 e. The Labute approximate surface area is 133 Å². The first-order chi connectivity index (χ1) is 10.1. The number of nitrogens with zero attached hydrogens (tertiary/aromatic N) is 1. The van der Waals surface area contributed by atoms with Crippen LogP contribution in [0.15, 0.2) is 18.2 Å². The van der Waals surface area contributed by atoms with Crippen LogP contribution in [0.25, 0.3) is 0 Å². The maximum absolute atomic E-state index is 6.71. The van der Waals surface area contributed by atoms with Gasteiger partial charge in [-0.3, -0.25) is 4.90 Å². The molecule has 0 N–H and O–H groups in total. The van der Waals surface area contributed by atoms with Gasteiger partial charge < -0.3 is 9.47 Å². The monoisotopic (exact) mass is 311 g/mol. The van der Waals surface area contributed by atoms with Crippen molar-refractivity contribution in [2.75, 3.05) is 20.8 Å². The fraction of sp³-hybridized carbons (Fsp3) is 0.647. The lowest BCUT2D eigenvalue weighted by atomic mass is 9.96. The van der Waals surface area contributed by atoms with Crippen molar-refractivity contribution in [3.05, 3.63) is 23.8 Å². The zero-order valence-electron chi connectivity index (χ0n) is 13.4. The Bertz CT molecular complexity index is 456. The molecule has 0 spiro atoms. The van der Waals surface area contributed by atoms with Gasteiger partial charge in [-0.05, 0) is 44.9 Å². The molecule has 3 nitrogen and oxygen atoms in total. The molecule has 1 saturated heterocycles. The Kier molecular flexibility index (Phi) is 5.77.